The molecule has 3 heteroatoms. The summed E-state index contributed by atoms with van der Waals surface area (Å²) >= 11 is 6.85. The summed E-state index contributed by atoms with van der Waals surface area (Å²) in [6.45, 7) is 0. The molecule has 0 fully saturated rings. The summed E-state index contributed by atoms with van der Waals surface area (Å²) in [6.07, 6.45) is 0. The predicted molar refractivity (Wildman–Crippen MR) is 27.1 cm³/mol. The van der Waals surface area contributed by atoms with Gasteiger partial charge in [-0.25, -0.2) is 4.98 Å². The first-order valence-corrected chi connectivity index (χ1v) is 2.75. The van der Waals surface area contributed by atoms with Gasteiger partial charge in [-0.15, -0.1) is 11.3 Å². The van der Waals surface area contributed by atoms with E-state index >= 15 is 0 Å². The highest BCUT2D eigenvalue weighted by molar-refractivity contribution is 7.08. The lowest BCUT2D eigenvalue weighted by atomic mass is 11.0. The summed E-state index contributed by atoms with van der Waals surface area (Å²) in [5.41, 5.74) is 1.70. The Morgan fingerprint density at radius 3 is 2.83 bits per heavy atom. The molecule has 1 heterocycles. The number of nitrogens with zero attached hydrogens (tertiary/aromatic N) is 1. The van der Waals surface area contributed by atoms with Gasteiger partial charge in [-0.3, -0.25) is 0 Å². The van der Waals surface area contributed by atoms with E-state index in [2.05, 4.69) is 4.98 Å². The number of hydrogen-bond donors (Lipinski definition) is 0. The Bertz CT molecular complexity index is 114. The normalized spacial score (nSPS) is 8.83. The molecule has 0 aromatic carbocycles. The fraction of sp³-hybridized carbons (Fsp3) is 0. The maximum atomic E-state index is 5.35. The summed E-state index contributed by atoms with van der Waals surface area (Å²) in [5, 5.41) is 2.36. The van der Waals surface area contributed by atoms with Gasteiger partial charge in [-0.2, -0.15) is 0 Å². The number of rotatable bonds is 0. The van der Waals surface area contributed by atoms with Crippen molar-refractivity contribution in [3.8, 4) is 0 Å². The molecule has 0 bridgehead atoms. The molecule has 0 spiro atoms. The van der Waals surface area contributed by atoms with Crippen LogP contribution in [0.3, 0.4) is 0 Å². The fourth-order valence-electron chi connectivity index (χ4n) is 0.198. The quantitative estimate of drug-likeness (QED) is 0.508. The lowest BCUT2D eigenvalue weighted by Gasteiger charge is -1.61. The molecule has 0 atom stereocenters. The first kappa shape index (κ1) is 4.09. The summed E-state index contributed by atoms with van der Waals surface area (Å²) in [5.74, 6) is 0. The highest BCUT2D eigenvalue weighted by Crippen LogP contribution is 2.05. The van der Waals surface area contributed by atoms with Crippen LogP contribution in [0.15, 0.2) is 10.9 Å². The van der Waals surface area contributed by atoms with Crippen LogP contribution in [0.2, 0.25) is 5.15 Å². The van der Waals surface area contributed by atoms with Crippen molar-refractivity contribution >= 4 is 22.9 Å². The zero-order valence-electron chi connectivity index (χ0n) is 2.89. The SMILES string of the molecule is Clc1cscn1. The van der Waals surface area contributed by atoms with Crippen molar-refractivity contribution in [1.82, 2.24) is 4.98 Å². The van der Waals surface area contributed by atoms with E-state index in [1.165, 1.54) is 11.3 Å². The van der Waals surface area contributed by atoms with Gasteiger partial charge in [0.15, 0.2) is 0 Å². The van der Waals surface area contributed by atoms with E-state index in [4.69, 9.17) is 11.6 Å². The Balaban J connectivity index is 3.05. The largest absolute Gasteiger partial charge is 0.233 e. The average Bonchev–Trinajstić information content (AvgIpc) is 1.86. The third-order valence-electron chi connectivity index (χ3n) is 0.402. The van der Waals surface area contributed by atoms with Crippen molar-refractivity contribution < 1.29 is 0 Å². The molecule has 0 aliphatic heterocycles. The molecule has 0 radical (unpaired) electrons. The second-order valence-electron chi connectivity index (χ2n) is 0.811. The number of thiazole rings is 1. The highest BCUT2D eigenvalue weighted by atomic mass is 35.5. The van der Waals surface area contributed by atoms with E-state index in [0.29, 0.717) is 5.15 Å². The zero-order valence-corrected chi connectivity index (χ0v) is 4.46. The molecule has 0 unspecified atom stereocenters. The third-order valence-corrected chi connectivity index (χ3v) is 1.32. The van der Waals surface area contributed by atoms with Crippen LogP contribution in [-0.4, -0.2) is 4.98 Å². The van der Waals surface area contributed by atoms with Crippen LogP contribution in [0.5, 0.6) is 0 Å². The van der Waals surface area contributed by atoms with E-state index in [9.17, 15) is 0 Å². The molecule has 1 rings (SSSR count). The summed E-state index contributed by atoms with van der Waals surface area (Å²) < 4.78 is 0. The molecular weight excluding hydrogens is 118 g/mol. The molecule has 0 amide bonds. The van der Waals surface area contributed by atoms with Crippen molar-refractivity contribution in [3.05, 3.63) is 16.0 Å². The van der Waals surface area contributed by atoms with Gasteiger partial charge in [0.1, 0.15) is 5.15 Å². The number of hydrogen-bond acceptors (Lipinski definition) is 2. The first-order chi connectivity index (χ1) is 2.89. The topological polar surface area (TPSA) is 12.9 Å². The van der Waals surface area contributed by atoms with Gasteiger partial charge in [0, 0.05) is 5.38 Å². The molecule has 1 aromatic rings. The lowest BCUT2D eigenvalue weighted by Crippen LogP contribution is -1.49. The summed E-state index contributed by atoms with van der Waals surface area (Å²) in [7, 11) is 0. The molecule has 0 aliphatic carbocycles. The van der Waals surface area contributed by atoms with Crippen LogP contribution in [-0.2, 0) is 0 Å². The van der Waals surface area contributed by atoms with Gasteiger partial charge < -0.3 is 0 Å². The minimum Gasteiger partial charge on any atom is -0.233 e. The Morgan fingerprint density at radius 1 is 1.83 bits per heavy atom. The maximum Gasteiger partial charge on any atom is 0.139 e. The molecule has 0 saturated carbocycles. The van der Waals surface area contributed by atoms with Gasteiger partial charge in [0.2, 0.25) is 0 Å². The van der Waals surface area contributed by atoms with Gasteiger partial charge in [-0.05, 0) is 0 Å². The molecule has 0 saturated heterocycles. The van der Waals surface area contributed by atoms with E-state index in [-0.39, 0.29) is 0 Å². The molecule has 0 N–H and O–H groups in total. The molecule has 1 nitrogen and oxygen atoms in total. The van der Waals surface area contributed by atoms with Crippen LogP contribution >= 0.6 is 22.9 Å². The molecule has 6 heavy (non-hydrogen) atoms. The van der Waals surface area contributed by atoms with Crippen molar-refractivity contribution in [2.75, 3.05) is 0 Å². The Morgan fingerprint density at radius 2 is 2.67 bits per heavy atom. The average molecular weight is 120 g/mol. The van der Waals surface area contributed by atoms with Crippen molar-refractivity contribution in [2.45, 2.75) is 0 Å². The van der Waals surface area contributed by atoms with Crippen LogP contribution in [0.1, 0.15) is 0 Å². The van der Waals surface area contributed by atoms with Crippen LogP contribution in [0.4, 0.5) is 0 Å². The molecular formula is C3H2ClNS. The second kappa shape index (κ2) is 1.58. The van der Waals surface area contributed by atoms with Gasteiger partial charge in [0.05, 0.1) is 5.51 Å². The minimum absolute atomic E-state index is 0.583. The third kappa shape index (κ3) is 0.698. The molecule has 32 valence electrons. The Labute approximate surface area is 44.6 Å². The Hall–Kier alpha value is -0.0800. The smallest absolute Gasteiger partial charge is 0.139 e. The van der Waals surface area contributed by atoms with Crippen LogP contribution in [0.25, 0.3) is 0 Å². The number of aromatic nitrogens is 1. The van der Waals surface area contributed by atoms with Gasteiger partial charge in [0.25, 0.3) is 0 Å². The van der Waals surface area contributed by atoms with Crippen LogP contribution in [0, 0.1) is 0 Å². The zero-order chi connectivity index (χ0) is 4.41. The molecule has 1 aromatic heterocycles. The van der Waals surface area contributed by atoms with E-state index in [1.54, 1.807) is 10.9 Å². The van der Waals surface area contributed by atoms with E-state index in [0.717, 1.165) is 0 Å². The molecule has 0 aliphatic rings. The minimum atomic E-state index is 0.583. The van der Waals surface area contributed by atoms with Crippen molar-refractivity contribution in [3.63, 3.8) is 0 Å². The second-order valence-corrected chi connectivity index (χ2v) is 1.92. The standard InChI is InChI=1S/C3H2ClNS/c4-3-1-6-2-5-3/h1-2H. The van der Waals surface area contributed by atoms with Crippen molar-refractivity contribution in [2.24, 2.45) is 0 Å². The summed E-state index contributed by atoms with van der Waals surface area (Å²) in [6, 6.07) is 0. The van der Waals surface area contributed by atoms with E-state index < -0.39 is 0 Å². The first-order valence-electron chi connectivity index (χ1n) is 1.43. The highest BCUT2D eigenvalue weighted by Gasteiger charge is 1.79. The fourth-order valence-corrected chi connectivity index (χ4v) is 0.867. The van der Waals surface area contributed by atoms with Crippen LogP contribution < -0.4 is 0 Å². The van der Waals surface area contributed by atoms with Crippen molar-refractivity contribution in [1.29, 1.82) is 0 Å². The Kier molecular flexibility index (Phi) is 1.08. The lowest BCUT2D eigenvalue weighted by molar-refractivity contribution is 1.42. The monoisotopic (exact) mass is 119 g/mol. The van der Waals surface area contributed by atoms with E-state index in [1.807, 2.05) is 0 Å². The maximum absolute atomic E-state index is 5.35. The van der Waals surface area contributed by atoms with Gasteiger partial charge >= 0.3 is 0 Å². The summed E-state index contributed by atoms with van der Waals surface area (Å²) in [4.78, 5) is 3.70. The predicted octanol–water partition coefficient (Wildman–Crippen LogP) is 1.80. The number of halogens is 1. The van der Waals surface area contributed by atoms with Gasteiger partial charge in [-0.1, -0.05) is 11.6 Å².